The topological polar surface area (TPSA) is 257 Å². The van der Waals surface area contributed by atoms with Crippen molar-refractivity contribution in [2.75, 3.05) is 11.1 Å². The quantitative estimate of drug-likeness (QED) is 0.0906. The molecular formula is C30H21N3O12S3. The Hall–Kier alpha value is -5.24. The summed E-state index contributed by atoms with van der Waals surface area (Å²) in [6, 6.07) is 14.3. The lowest BCUT2D eigenvalue weighted by atomic mass is 9.80. The number of benzene rings is 4. The van der Waals surface area contributed by atoms with Crippen LogP contribution in [-0.2, 0) is 37.4 Å². The van der Waals surface area contributed by atoms with Crippen LogP contribution in [-0.4, -0.2) is 55.0 Å². The van der Waals surface area contributed by atoms with Crippen molar-refractivity contribution < 1.29 is 48.5 Å². The normalized spacial score (nSPS) is 13.0. The number of aryl methyl sites for hydroxylation is 1. The predicted octanol–water partition coefficient (Wildman–Crippen LogP) is 3.05. The molecule has 0 unspecified atom stereocenters. The minimum absolute atomic E-state index is 0.000414. The van der Waals surface area contributed by atoms with Gasteiger partial charge in [0.25, 0.3) is 35.9 Å². The van der Waals surface area contributed by atoms with Crippen LogP contribution in [0.4, 0.5) is 17.1 Å². The van der Waals surface area contributed by atoms with Crippen LogP contribution in [0, 0.1) is 0 Å². The van der Waals surface area contributed by atoms with Crippen LogP contribution in [0.25, 0.3) is 22.0 Å². The number of hydrogen-bond donors (Lipinski definition) is 5. The molecule has 15 nitrogen and oxygen atoms in total. The van der Waals surface area contributed by atoms with Crippen molar-refractivity contribution >= 4 is 69.9 Å². The van der Waals surface area contributed by atoms with E-state index in [0.29, 0.717) is 6.07 Å². The first kappa shape index (κ1) is 32.7. The number of anilines is 3. The average Bonchev–Trinajstić information content (AvgIpc) is 3.00. The van der Waals surface area contributed by atoms with Gasteiger partial charge >= 0.3 is 0 Å². The lowest BCUT2D eigenvalue weighted by Crippen LogP contribution is -2.29. The summed E-state index contributed by atoms with van der Waals surface area (Å²) < 4.78 is 102. The Morgan fingerprint density at radius 3 is 2.00 bits per heavy atom. The van der Waals surface area contributed by atoms with Crippen LogP contribution in [0.15, 0.2) is 92.3 Å². The number of nitrogens with one attached hydrogen (secondary N) is 1. The van der Waals surface area contributed by atoms with Gasteiger partial charge in [0, 0.05) is 29.1 Å². The van der Waals surface area contributed by atoms with E-state index >= 15 is 0 Å². The molecule has 48 heavy (non-hydrogen) atoms. The van der Waals surface area contributed by atoms with E-state index < -0.39 is 79.1 Å². The first-order chi connectivity index (χ1) is 22.3. The van der Waals surface area contributed by atoms with Gasteiger partial charge in [-0.3, -0.25) is 28.0 Å². The standard InChI is InChI=1S/C30H21N3O12S3/c1-33-21-10-9-19(32-20-12-18(31)22(47(40,41)42)13-23(20)48(43,44)45)25-26(21)24(16-7-2-3-8-17(16)29(25)35)27(30(33)36)28(34)14-5-4-6-15(11-14)46(37,38)39/h2-13,32H,31H2,1H3,(H,37,38,39)(H,40,41,42)(H,43,44,45). The molecule has 5 aromatic rings. The van der Waals surface area contributed by atoms with E-state index in [-0.39, 0.29) is 44.4 Å². The summed E-state index contributed by atoms with van der Waals surface area (Å²) in [6.07, 6.45) is 0. The number of nitrogens with two attached hydrogens (primary N) is 1. The molecule has 6 N–H and O–H groups in total. The summed E-state index contributed by atoms with van der Waals surface area (Å²) in [5.74, 6) is -1.57. The Morgan fingerprint density at radius 2 is 1.38 bits per heavy atom. The van der Waals surface area contributed by atoms with Crippen LogP contribution in [0.5, 0.6) is 0 Å². The molecule has 1 heterocycles. The Morgan fingerprint density at radius 1 is 0.729 bits per heavy atom. The fourth-order valence-corrected chi connectivity index (χ4v) is 7.57. The molecule has 18 heteroatoms. The van der Waals surface area contributed by atoms with Crippen LogP contribution in [0.2, 0.25) is 0 Å². The Kier molecular flexibility index (Phi) is 7.43. The highest BCUT2D eigenvalue weighted by molar-refractivity contribution is 7.87. The van der Waals surface area contributed by atoms with Gasteiger partial charge in [0.1, 0.15) is 9.79 Å². The molecule has 0 spiro atoms. The van der Waals surface area contributed by atoms with E-state index in [1.54, 1.807) is 6.07 Å². The molecular weight excluding hydrogens is 691 g/mol. The van der Waals surface area contributed by atoms with Crippen molar-refractivity contribution in [2.24, 2.45) is 7.05 Å². The molecule has 0 saturated carbocycles. The van der Waals surface area contributed by atoms with Crippen LogP contribution in [0.3, 0.4) is 0 Å². The largest absolute Gasteiger partial charge is 0.398 e. The fraction of sp³-hybridized carbons (Fsp3) is 0.0333. The highest BCUT2D eigenvalue weighted by Crippen LogP contribution is 2.44. The molecule has 0 bridgehead atoms. The lowest BCUT2D eigenvalue weighted by Gasteiger charge is -2.26. The third kappa shape index (κ3) is 5.25. The van der Waals surface area contributed by atoms with Crippen molar-refractivity contribution in [2.45, 2.75) is 14.7 Å². The smallest absolute Gasteiger partial charge is 0.296 e. The van der Waals surface area contributed by atoms with E-state index in [0.717, 1.165) is 22.8 Å². The van der Waals surface area contributed by atoms with Gasteiger partial charge < -0.3 is 15.6 Å². The minimum atomic E-state index is -5.18. The zero-order chi connectivity index (χ0) is 35.1. The van der Waals surface area contributed by atoms with Gasteiger partial charge in [-0.05, 0) is 42.0 Å². The highest BCUT2D eigenvalue weighted by atomic mass is 32.2. The number of pyridine rings is 1. The second-order valence-electron chi connectivity index (χ2n) is 10.7. The number of hydrogen-bond acceptors (Lipinski definition) is 11. The van der Waals surface area contributed by atoms with E-state index in [9.17, 15) is 53.3 Å². The highest BCUT2D eigenvalue weighted by Gasteiger charge is 2.35. The molecule has 1 aliphatic rings. The van der Waals surface area contributed by atoms with Crippen molar-refractivity contribution in [1.29, 1.82) is 0 Å². The summed E-state index contributed by atoms with van der Waals surface area (Å²) in [6.45, 7) is 0. The number of carbonyl (C=O) groups excluding carboxylic acids is 2. The summed E-state index contributed by atoms with van der Waals surface area (Å²) in [5, 5.41) is 2.75. The zero-order valence-electron chi connectivity index (χ0n) is 24.2. The average molecular weight is 712 g/mol. The van der Waals surface area contributed by atoms with Gasteiger partial charge in [0.2, 0.25) is 0 Å². The monoisotopic (exact) mass is 711 g/mol. The number of carbonyl (C=O) groups is 2. The van der Waals surface area contributed by atoms with Crippen LogP contribution < -0.4 is 16.6 Å². The Bertz CT molecular complexity index is 2700. The van der Waals surface area contributed by atoms with Crippen molar-refractivity contribution in [1.82, 2.24) is 4.57 Å². The van der Waals surface area contributed by atoms with Crippen molar-refractivity contribution in [3.8, 4) is 11.1 Å². The van der Waals surface area contributed by atoms with Crippen molar-refractivity contribution in [3.05, 3.63) is 105 Å². The lowest BCUT2D eigenvalue weighted by molar-refractivity contribution is 0.102. The summed E-state index contributed by atoms with van der Waals surface area (Å²) in [4.78, 5) is 39.4. The van der Waals surface area contributed by atoms with Gasteiger partial charge in [-0.2, -0.15) is 25.3 Å². The van der Waals surface area contributed by atoms with Gasteiger partial charge in [-0.1, -0.05) is 36.4 Å². The number of rotatable bonds is 7. The zero-order valence-corrected chi connectivity index (χ0v) is 26.6. The first-order valence-electron chi connectivity index (χ1n) is 13.4. The molecule has 4 aromatic carbocycles. The second-order valence-corrected chi connectivity index (χ2v) is 14.9. The maximum atomic E-state index is 14.1. The minimum Gasteiger partial charge on any atom is -0.398 e. The predicted molar refractivity (Wildman–Crippen MR) is 172 cm³/mol. The van der Waals surface area contributed by atoms with Crippen LogP contribution >= 0.6 is 0 Å². The maximum Gasteiger partial charge on any atom is 0.296 e. The van der Waals surface area contributed by atoms with E-state index in [2.05, 4.69) is 5.32 Å². The SMILES string of the molecule is Cn1c(=O)c(C(=O)c2cccc(S(=O)(=O)O)c2)c2c3c(c(Nc4cc(N)c(S(=O)(=O)O)cc4S(=O)(=O)O)ccc31)C(=O)c1ccccc1-2. The maximum absolute atomic E-state index is 14.1. The fourth-order valence-electron chi connectivity index (χ4n) is 5.69. The van der Waals surface area contributed by atoms with Crippen LogP contribution in [0.1, 0.15) is 31.8 Å². The molecule has 246 valence electrons. The molecule has 0 saturated heterocycles. The Balaban J connectivity index is 1.70. The van der Waals surface area contributed by atoms with E-state index in [1.807, 2.05) is 0 Å². The van der Waals surface area contributed by atoms with Gasteiger partial charge in [0.05, 0.1) is 38.6 Å². The number of nitrogens with zero attached hydrogens (tertiary/aromatic N) is 1. The summed E-state index contributed by atoms with van der Waals surface area (Å²) >= 11 is 0. The number of aromatic nitrogens is 1. The molecule has 1 aliphatic carbocycles. The van der Waals surface area contributed by atoms with Gasteiger partial charge in [-0.25, -0.2) is 0 Å². The van der Waals surface area contributed by atoms with Gasteiger partial charge in [-0.15, -0.1) is 0 Å². The van der Waals surface area contributed by atoms with E-state index in [1.165, 1.54) is 49.5 Å². The molecule has 1 aromatic heterocycles. The van der Waals surface area contributed by atoms with Crippen molar-refractivity contribution in [3.63, 3.8) is 0 Å². The molecule has 6 rings (SSSR count). The molecule has 0 atom stereocenters. The number of nitrogen functional groups attached to an aromatic ring is 1. The summed E-state index contributed by atoms with van der Waals surface area (Å²) in [5.41, 5.74) is 3.28. The number of fused-ring (bicyclic) bond motifs is 2. The number of ketones is 2. The third-order valence-electron chi connectivity index (χ3n) is 7.79. The summed E-state index contributed by atoms with van der Waals surface area (Å²) in [7, 11) is -13.6. The molecule has 0 aliphatic heterocycles. The second kappa shape index (κ2) is 10.9. The molecule has 0 radical (unpaired) electrons. The Labute approximate surface area is 271 Å². The first-order valence-corrected chi connectivity index (χ1v) is 17.7. The van der Waals surface area contributed by atoms with E-state index in [4.69, 9.17) is 5.73 Å². The molecule has 0 fully saturated rings. The third-order valence-corrected chi connectivity index (χ3v) is 10.4. The molecule has 0 amide bonds. The van der Waals surface area contributed by atoms with Gasteiger partial charge in [0.15, 0.2) is 11.6 Å².